The Morgan fingerprint density at radius 3 is 2.26 bits per heavy atom. The van der Waals surface area contributed by atoms with Gasteiger partial charge >= 0.3 is 0 Å². The summed E-state index contributed by atoms with van der Waals surface area (Å²) in [4.78, 5) is 16.7. The maximum atomic E-state index is 12.4. The predicted octanol–water partition coefficient (Wildman–Crippen LogP) is 3.88. The average molecular weight is 349 g/mol. The van der Waals surface area contributed by atoms with E-state index in [0.717, 1.165) is 31.7 Å². The van der Waals surface area contributed by atoms with Gasteiger partial charge in [0, 0.05) is 31.9 Å². The fourth-order valence-electron chi connectivity index (χ4n) is 2.79. The lowest BCUT2D eigenvalue weighted by Gasteiger charge is -2.36. The van der Waals surface area contributed by atoms with E-state index in [-0.39, 0.29) is 5.91 Å². The molecular weight excluding hydrogens is 331 g/mol. The van der Waals surface area contributed by atoms with Crippen LogP contribution in [0.15, 0.2) is 48.5 Å². The molecule has 2 aromatic carbocycles. The van der Waals surface area contributed by atoms with Crippen molar-refractivity contribution in [2.24, 2.45) is 0 Å². The number of carbonyl (C=O) groups excluding carboxylic acids is 1. The van der Waals surface area contributed by atoms with Crippen molar-refractivity contribution in [3.63, 3.8) is 0 Å². The van der Waals surface area contributed by atoms with Gasteiger partial charge in [0.15, 0.2) is 0 Å². The monoisotopic (exact) mass is 348 g/mol. The van der Waals surface area contributed by atoms with E-state index < -0.39 is 0 Å². The Morgan fingerprint density at radius 1 is 0.913 bits per heavy atom. The number of nitrogens with zero attached hydrogens (tertiary/aromatic N) is 2. The Hall–Kier alpha value is -1.71. The summed E-state index contributed by atoms with van der Waals surface area (Å²) in [6.45, 7) is 3.21. The number of hydrogen-bond donors (Lipinski definition) is 0. The molecule has 0 atom stereocenters. The van der Waals surface area contributed by atoms with Crippen LogP contribution in [0.5, 0.6) is 0 Å². The lowest BCUT2D eigenvalue weighted by Crippen LogP contribution is -2.49. The fraction of sp³-hybridized carbons (Fsp3) is 0.278. The van der Waals surface area contributed by atoms with E-state index in [0.29, 0.717) is 16.5 Å². The number of hydrogen-bond acceptors (Lipinski definition) is 2. The molecule has 1 fully saturated rings. The van der Waals surface area contributed by atoms with Crippen LogP contribution in [0, 0.1) is 0 Å². The summed E-state index contributed by atoms with van der Waals surface area (Å²) >= 11 is 11.9. The van der Waals surface area contributed by atoms with Gasteiger partial charge in [-0.25, -0.2) is 0 Å². The summed E-state index contributed by atoms with van der Waals surface area (Å²) < 4.78 is 0. The van der Waals surface area contributed by atoms with Crippen molar-refractivity contribution < 1.29 is 4.79 Å². The Kier molecular flexibility index (Phi) is 5.09. The Balaban J connectivity index is 1.57. The van der Waals surface area contributed by atoms with E-state index in [9.17, 15) is 4.79 Å². The summed E-state index contributed by atoms with van der Waals surface area (Å²) in [5.74, 6) is 0.135. The van der Waals surface area contributed by atoms with Crippen molar-refractivity contribution >= 4 is 34.8 Å². The Morgan fingerprint density at radius 2 is 1.61 bits per heavy atom. The maximum Gasteiger partial charge on any atom is 0.227 e. The molecule has 1 heterocycles. The Labute approximate surface area is 146 Å². The number of carbonyl (C=O) groups is 1. The van der Waals surface area contributed by atoms with Gasteiger partial charge in [0.05, 0.1) is 16.5 Å². The first kappa shape index (κ1) is 16.2. The first-order chi connectivity index (χ1) is 11.1. The smallest absolute Gasteiger partial charge is 0.227 e. The molecule has 0 aromatic heterocycles. The molecule has 0 spiro atoms. The number of para-hydroxylation sites is 1. The highest BCUT2D eigenvalue weighted by Crippen LogP contribution is 2.23. The van der Waals surface area contributed by atoms with Gasteiger partial charge in [0.2, 0.25) is 5.91 Å². The Bertz CT molecular complexity index is 683. The highest BCUT2D eigenvalue weighted by molar-refractivity contribution is 6.42. The highest BCUT2D eigenvalue weighted by Gasteiger charge is 2.21. The molecule has 0 radical (unpaired) electrons. The summed E-state index contributed by atoms with van der Waals surface area (Å²) in [5, 5.41) is 1.00. The minimum absolute atomic E-state index is 0.135. The topological polar surface area (TPSA) is 23.6 Å². The molecule has 1 aliphatic heterocycles. The molecule has 0 aliphatic carbocycles. The molecular formula is C18H18Cl2N2O. The zero-order valence-electron chi connectivity index (χ0n) is 12.7. The maximum absolute atomic E-state index is 12.4. The lowest BCUT2D eigenvalue weighted by atomic mass is 10.1. The standard InChI is InChI=1S/C18H18Cl2N2O/c19-16-7-6-14(12-17(16)20)13-18(23)22-10-8-21(9-11-22)15-4-2-1-3-5-15/h1-7,12H,8-11,13H2. The van der Waals surface area contributed by atoms with Crippen LogP contribution in [0.3, 0.4) is 0 Å². The van der Waals surface area contributed by atoms with Crippen LogP contribution in [-0.2, 0) is 11.2 Å². The summed E-state index contributed by atoms with van der Waals surface area (Å²) in [6, 6.07) is 15.7. The number of anilines is 1. The van der Waals surface area contributed by atoms with Crippen LogP contribution in [0.25, 0.3) is 0 Å². The van der Waals surface area contributed by atoms with Crippen LogP contribution in [0.1, 0.15) is 5.56 Å². The van der Waals surface area contributed by atoms with E-state index >= 15 is 0 Å². The predicted molar refractivity (Wildman–Crippen MR) is 95.4 cm³/mol. The van der Waals surface area contributed by atoms with Gasteiger partial charge in [-0.2, -0.15) is 0 Å². The van der Waals surface area contributed by atoms with Gasteiger partial charge in [-0.15, -0.1) is 0 Å². The minimum atomic E-state index is 0.135. The first-order valence-corrected chi connectivity index (χ1v) is 8.41. The van der Waals surface area contributed by atoms with Crippen LogP contribution >= 0.6 is 23.2 Å². The minimum Gasteiger partial charge on any atom is -0.368 e. The summed E-state index contributed by atoms with van der Waals surface area (Å²) in [5.41, 5.74) is 2.11. The molecule has 120 valence electrons. The molecule has 2 aromatic rings. The van der Waals surface area contributed by atoms with E-state index in [1.54, 1.807) is 12.1 Å². The molecule has 5 heteroatoms. The first-order valence-electron chi connectivity index (χ1n) is 7.65. The molecule has 3 rings (SSSR count). The molecule has 1 amide bonds. The second kappa shape index (κ2) is 7.24. The van der Waals surface area contributed by atoms with E-state index in [2.05, 4.69) is 17.0 Å². The molecule has 1 saturated heterocycles. The second-order valence-corrected chi connectivity index (χ2v) is 6.44. The molecule has 0 unspecified atom stereocenters. The third-order valence-corrected chi connectivity index (χ3v) is 4.83. The average Bonchev–Trinajstić information content (AvgIpc) is 2.59. The normalized spacial score (nSPS) is 14.9. The van der Waals surface area contributed by atoms with E-state index in [1.165, 1.54) is 5.69 Å². The molecule has 0 saturated carbocycles. The van der Waals surface area contributed by atoms with Gasteiger partial charge in [-0.05, 0) is 29.8 Å². The zero-order chi connectivity index (χ0) is 16.2. The second-order valence-electron chi connectivity index (χ2n) is 5.63. The number of rotatable bonds is 3. The largest absolute Gasteiger partial charge is 0.368 e. The van der Waals surface area contributed by atoms with Crippen molar-refractivity contribution in [1.82, 2.24) is 4.90 Å². The van der Waals surface area contributed by atoms with Crippen molar-refractivity contribution in [2.45, 2.75) is 6.42 Å². The zero-order valence-corrected chi connectivity index (χ0v) is 14.2. The van der Waals surface area contributed by atoms with Crippen molar-refractivity contribution in [2.75, 3.05) is 31.1 Å². The fourth-order valence-corrected chi connectivity index (χ4v) is 3.11. The van der Waals surface area contributed by atoms with Gasteiger partial charge in [0.1, 0.15) is 0 Å². The molecule has 3 nitrogen and oxygen atoms in total. The van der Waals surface area contributed by atoms with Gasteiger partial charge in [0.25, 0.3) is 0 Å². The lowest BCUT2D eigenvalue weighted by molar-refractivity contribution is -0.130. The molecule has 23 heavy (non-hydrogen) atoms. The van der Waals surface area contributed by atoms with E-state index in [4.69, 9.17) is 23.2 Å². The van der Waals surface area contributed by atoms with Gasteiger partial charge < -0.3 is 9.80 Å². The van der Waals surface area contributed by atoms with Crippen LogP contribution < -0.4 is 4.90 Å². The highest BCUT2D eigenvalue weighted by atomic mass is 35.5. The SMILES string of the molecule is O=C(Cc1ccc(Cl)c(Cl)c1)N1CCN(c2ccccc2)CC1. The molecule has 1 aliphatic rings. The molecule has 0 N–H and O–H groups in total. The van der Waals surface area contributed by atoms with Crippen molar-refractivity contribution in [1.29, 1.82) is 0 Å². The quantitative estimate of drug-likeness (QED) is 0.840. The summed E-state index contributed by atoms with van der Waals surface area (Å²) in [7, 11) is 0. The van der Waals surface area contributed by atoms with Crippen LogP contribution in [0.2, 0.25) is 10.0 Å². The van der Waals surface area contributed by atoms with Gasteiger partial charge in [-0.1, -0.05) is 47.5 Å². The number of halogens is 2. The molecule has 0 bridgehead atoms. The number of benzene rings is 2. The third-order valence-electron chi connectivity index (χ3n) is 4.09. The van der Waals surface area contributed by atoms with Crippen LogP contribution in [0.4, 0.5) is 5.69 Å². The van der Waals surface area contributed by atoms with Crippen molar-refractivity contribution in [3.05, 3.63) is 64.1 Å². The van der Waals surface area contributed by atoms with Crippen molar-refractivity contribution in [3.8, 4) is 0 Å². The van der Waals surface area contributed by atoms with E-state index in [1.807, 2.05) is 29.2 Å². The number of amides is 1. The van der Waals surface area contributed by atoms with Crippen LogP contribution in [-0.4, -0.2) is 37.0 Å². The van der Waals surface area contributed by atoms with Gasteiger partial charge in [-0.3, -0.25) is 4.79 Å². The third kappa shape index (κ3) is 3.98. The summed E-state index contributed by atoms with van der Waals surface area (Å²) in [6.07, 6.45) is 0.363. The number of piperazine rings is 1.